The van der Waals surface area contributed by atoms with Gasteiger partial charge in [0.05, 0.1) is 12.1 Å². The zero-order valence-corrected chi connectivity index (χ0v) is 11.8. The van der Waals surface area contributed by atoms with Crippen molar-refractivity contribution in [2.45, 2.75) is 32.2 Å². The highest BCUT2D eigenvalue weighted by Crippen LogP contribution is 2.35. The topological polar surface area (TPSA) is 29.5 Å². The van der Waals surface area contributed by atoms with Gasteiger partial charge in [-0.05, 0) is 32.0 Å². The van der Waals surface area contributed by atoms with E-state index >= 15 is 0 Å². The Balaban J connectivity index is 2.31. The Bertz CT molecular complexity index is 471. The van der Waals surface area contributed by atoms with E-state index in [1.807, 2.05) is 18.2 Å². The SMILES string of the molecule is COc1ccc(N2CCC(=O)CC2(C)C)cc1Cl. The molecule has 0 unspecified atom stereocenters. The lowest BCUT2D eigenvalue weighted by atomic mass is 9.89. The summed E-state index contributed by atoms with van der Waals surface area (Å²) in [4.78, 5) is 13.8. The van der Waals surface area contributed by atoms with Gasteiger partial charge in [-0.25, -0.2) is 0 Å². The molecule has 0 spiro atoms. The molecular weight excluding hydrogens is 250 g/mol. The fraction of sp³-hybridized carbons (Fsp3) is 0.500. The van der Waals surface area contributed by atoms with E-state index in [4.69, 9.17) is 16.3 Å². The number of methoxy groups -OCH3 is 1. The van der Waals surface area contributed by atoms with E-state index < -0.39 is 0 Å². The molecule has 1 heterocycles. The van der Waals surface area contributed by atoms with E-state index in [2.05, 4.69) is 18.7 Å². The van der Waals surface area contributed by atoms with E-state index in [1.54, 1.807) is 7.11 Å². The van der Waals surface area contributed by atoms with Crippen molar-refractivity contribution >= 4 is 23.1 Å². The molecule has 98 valence electrons. The highest BCUT2D eigenvalue weighted by molar-refractivity contribution is 6.32. The minimum atomic E-state index is -0.159. The van der Waals surface area contributed by atoms with Crippen molar-refractivity contribution in [2.24, 2.45) is 0 Å². The number of ether oxygens (including phenoxy) is 1. The van der Waals surface area contributed by atoms with Crippen LogP contribution in [0.25, 0.3) is 0 Å². The molecular formula is C14H18ClNO2. The fourth-order valence-electron chi connectivity index (χ4n) is 2.51. The number of benzene rings is 1. The van der Waals surface area contributed by atoms with Crippen LogP contribution in [0.4, 0.5) is 5.69 Å². The lowest BCUT2D eigenvalue weighted by Crippen LogP contribution is -2.50. The van der Waals surface area contributed by atoms with Gasteiger partial charge in [-0.15, -0.1) is 0 Å². The number of hydrogen-bond donors (Lipinski definition) is 0. The van der Waals surface area contributed by atoms with Gasteiger partial charge >= 0.3 is 0 Å². The number of hydrogen-bond acceptors (Lipinski definition) is 3. The average Bonchev–Trinajstić information content (AvgIpc) is 2.27. The third kappa shape index (κ3) is 2.46. The van der Waals surface area contributed by atoms with Crippen molar-refractivity contribution in [3.05, 3.63) is 23.2 Å². The normalized spacial score (nSPS) is 18.9. The van der Waals surface area contributed by atoms with Crippen LogP contribution in [-0.4, -0.2) is 25.0 Å². The summed E-state index contributed by atoms with van der Waals surface area (Å²) in [5, 5.41) is 0.600. The largest absolute Gasteiger partial charge is 0.495 e. The Hall–Kier alpha value is -1.22. The molecule has 1 fully saturated rings. The molecule has 2 rings (SSSR count). The van der Waals surface area contributed by atoms with Crippen LogP contribution in [0.2, 0.25) is 5.02 Å². The van der Waals surface area contributed by atoms with E-state index in [9.17, 15) is 4.79 Å². The van der Waals surface area contributed by atoms with E-state index in [-0.39, 0.29) is 5.54 Å². The van der Waals surface area contributed by atoms with Crippen LogP contribution in [0.3, 0.4) is 0 Å². The maximum absolute atomic E-state index is 11.6. The molecule has 0 radical (unpaired) electrons. The maximum Gasteiger partial charge on any atom is 0.137 e. The first kappa shape index (κ1) is 13.2. The molecule has 0 N–H and O–H groups in total. The Morgan fingerprint density at radius 1 is 1.39 bits per heavy atom. The van der Waals surface area contributed by atoms with Gasteiger partial charge in [0.1, 0.15) is 11.5 Å². The van der Waals surface area contributed by atoms with Crippen LogP contribution in [0.5, 0.6) is 5.75 Å². The van der Waals surface area contributed by atoms with Crippen molar-refractivity contribution in [2.75, 3.05) is 18.6 Å². The highest BCUT2D eigenvalue weighted by Gasteiger charge is 2.34. The first-order chi connectivity index (χ1) is 8.44. The number of nitrogens with zero attached hydrogens (tertiary/aromatic N) is 1. The van der Waals surface area contributed by atoms with Gasteiger partial charge in [-0.1, -0.05) is 11.6 Å². The lowest BCUT2D eigenvalue weighted by molar-refractivity contribution is -0.121. The molecule has 1 saturated heterocycles. The Kier molecular flexibility index (Phi) is 3.53. The standard InChI is InChI=1S/C14H18ClNO2/c1-14(2)9-11(17)6-7-16(14)10-4-5-13(18-3)12(15)8-10/h4-5,8H,6-7,9H2,1-3H3. The summed E-state index contributed by atoms with van der Waals surface area (Å²) in [5.74, 6) is 1.00. The smallest absolute Gasteiger partial charge is 0.137 e. The molecule has 0 amide bonds. The van der Waals surface area contributed by atoms with Gasteiger partial charge in [0.2, 0.25) is 0 Å². The summed E-state index contributed by atoms with van der Waals surface area (Å²) < 4.78 is 5.15. The van der Waals surface area contributed by atoms with E-state index in [0.29, 0.717) is 29.4 Å². The van der Waals surface area contributed by atoms with Gasteiger partial charge in [0.25, 0.3) is 0 Å². The second-order valence-electron chi connectivity index (χ2n) is 5.25. The average molecular weight is 268 g/mol. The van der Waals surface area contributed by atoms with Crippen molar-refractivity contribution < 1.29 is 9.53 Å². The van der Waals surface area contributed by atoms with Crippen LogP contribution in [-0.2, 0) is 4.79 Å². The zero-order valence-electron chi connectivity index (χ0n) is 11.0. The van der Waals surface area contributed by atoms with Crippen LogP contribution in [0.15, 0.2) is 18.2 Å². The highest BCUT2D eigenvalue weighted by atomic mass is 35.5. The molecule has 4 heteroatoms. The second kappa shape index (κ2) is 4.81. The quantitative estimate of drug-likeness (QED) is 0.823. The maximum atomic E-state index is 11.6. The van der Waals surface area contributed by atoms with Crippen molar-refractivity contribution in [1.82, 2.24) is 0 Å². The van der Waals surface area contributed by atoms with Crippen molar-refractivity contribution in [3.8, 4) is 5.75 Å². The van der Waals surface area contributed by atoms with Crippen LogP contribution in [0.1, 0.15) is 26.7 Å². The molecule has 18 heavy (non-hydrogen) atoms. The predicted molar refractivity (Wildman–Crippen MR) is 73.7 cm³/mol. The first-order valence-corrected chi connectivity index (χ1v) is 6.45. The number of anilines is 1. The number of piperidine rings is 1. The molecule has 1 aliphatic rings. The summed E-state index contributed by atoms with van der Waals surface area (Å²) in [6, 6.07) is 5.75. The zero-order chi connectivity index (χ0) is 13.3. The van der Waals surface area contributed by atoms with Gasteiger partial charge in [-0.2, -0.15) is 0 Å². The number of carbonyl (C=O) groups excluding carboxylic acids is 1. The minimum Gasteiger partial charge on any atom is -0.495 e. The molecule has 1 aromatic rings. The van der Waals surface area contributed by atoms with E-state index in [0.717, 1.165) is 12.2 Å². The van der Waals surface area contributed by atoms with Crippen LogP contribution in [0, 0.1) is 0 Å². The Morgan fingerprint density at radius 3 is 2.67 bits per heavy atom. The Labute approximate surface area is 113 Å². The van der Waals surface area contributed by atoms with Crippen LogP contribution >= 0.6 is 11.6 Å². The molecule has 0 aromatic heterocycles. The summed E-state index contributed by atoms with van der Waals surface area (Å²) in [6.07, 6.45) is 1.18. The summed E-state index contributed by atoms with van der Waals surface area (Å²) >= 11 is 6.15. The van der Waals surface area contributed by atoms with E-state index in [1.165, 1.54) is 0 Å². The molecule has 1 aromatic carbocycles. The first-order valence-electron chi connectivity index (χ1n) is 6.07. The number of ketones is 1. The third-order valence-corrected chi connectivity index (χ3v) is 3.72. The van der Waals surface area contributed by atoms with Gasteiger partial charge in [0, 0.05) is 30.6 Å². The molecule has 1 aliphatic heterocycles. The predicted octanol–water partition coefficient (Wildman–Crippen LogP) is 3.30. The summed E-state index contributed by atoms with van der Waals surface area (Å²) in [7, 11) is 1.60. The Morgan fingerprint density at radius 2 is 2.11 bits per heavy atom. The summed E-state index contributed by atoms with van der Waals surface area (Å²) in [5.41, 5.74) is 0.881. The molecule has 3 nitrogen and oxygen atoms in total. The lowest BCUT2D eigenvalue weighted by Gasteiger charge is -2.43. The third-order valence-electron chi connectivity index (χ3n) is 3.42. The molecule has 0 saturated carbocycles. The number of Topliss-reactive ketones (excluding diaryl/α,β-unsaturated/α-hetero) is 1. The summed E-state index contributed by atoms with van der Waals surface area (Å²) in [6.45, 7) is 4.92. The fourth-order valence-corrected chi connectivity index (χ4v) is 2.76. The number of halogens is 1. The molecule has 0 bridgehead atoms. The van der Waals surface area contributed by atoms with Crippen molar-refractivity contribution in [3.63, 3.8) is 0 Å². The van der Waals surface area contributed by atoms with Gasteiger partial charge < -0.3 is 9.64 Å². The molecule has 0 aliphatic carbocycles. The van der Waals surface area contributed by atoms with Crippen LogP contribution < -0.4 is 9.64 Å². The van der Waals surface area contributed by atoms with Crippen molar-refractivity contribution in [1.29, 1.82) is 0 Å². The minimum absolute atomic E-state index is 0.159. The van der Waals surface area contributed by atoms with Gasteiger partial charge in [0.15, 0.2) is 0 Å². The number of rotatable bonds is 2. The van der Waals surface area contributed by atoms with Gasteiger partial charge in [-0.3, -0.25) is 4.79 Å². The monoisotopic (exact) mass is 267 g/mol. The molecule has 0 atom stereocenters. The number of carbonyl (C=O) groups is 1. The second-order valence-corrected chi connectivity index (χ2v) is 5.66.